The van der Waals surface area contributed by atoms with E-state index in [4.69, 9.17) is 9.47 Å². The molecule has 0 aliphatic carbocycles. The largest absolute Gasteiger partial charge is 0.497 e. The van der Waals surface area contributed by atoms with Gasteiger partial charge in [-0.15, -0.1) is 0 Å². The first-order chi connectivity index (χ1) is 11.0. The number of carbonyl (C=O) groups is 2. The monoisotopic (exact) mass is 425 g/mol. The summed E-state index contributed by atoms with van der Waals surface area (Å²) < 4.78 is 11.1. The number of rotatable bonds is 5. The molecule has 2 aromatic carbocycles. The van der Waals surface area contributed by atoms with E-state index in [1.807, 2.05) is 25.1 Å². The van der Waals surface area contributed by atoms with E-state index >= 15 is 0 Å². The van der Waals surface area contributed by atoms with Gasteiger partial charge in [0, 0.05) is 9.26 Å². The SMILES string of the molecule is COc1cccc(C(=O)OCC(=O)Nc2ccc(I)cc2C)c1. The van der Waals surface area contributed by atoms with Crippen LogP contribution >= 0.6 is 22.6 Å². The summed E-state index contributed by atoms with van der Waals surface area (Å²) in [6.07, 6.45) is 0. The normalized spacial score (nSPS) is 10.0. The predicted molar refractivity (Wildman–Crippen MR) is 95.8 cm³/mol. The van der Waals surface area contributed by atoms with Crippen LogP contribution < -0.4 is 10.1 Å². The highest BCUT2D eigenvalue weighted by Crippen LogP contribution is 2.18. The summed E-state index contributed by atoms with van der Waals surface area (Å²) >= 11 is 2.20. The standard InChI is InChI=1S/C17H16INO4/c1-11-8-13(18)6-7-15(11)19-16(20)10-23-17(21)12-4-3-5-14(9-12)22-2/h3-9H,10H2,1-2H3,(H,19,20). The van der Waals surface area contributed by atoms with Gasteiger partial charge in [0.1, 0.15) is 5.75 Å². The number of carbonyl (C=O) groups excluding carboxylic acids is 2. The summed E-state index contributed by atoms with van der Waals surface area (Å²) in [7, 11) is 1.52. The van der Waals surface area contributed by atoms with Crippen molar-refractivity contribution < 1.29 is 19.1 Å². The van der Waals surface area contributed by atoms with Crippen LogP contribution in [0.15, 0.2) is 42.5 Å². The van der Waals surface area contributed by atoms with Gasteiger partial charge < -0.3 is 14.8 Å². The number of esters is 1. The quantitative estimate of drug-likeness (QED) is 0.589. The Bertz CT molecular complexity index is 730. The van der Waals surface area contributed by atoms with E-state index in [0.29, 0.717) is 17.0 Å². The summed E-state index contributed by atoms with van der Waals surface area (Å²) in [5.74, 6) is -0.401. The maximum atomic E-state index is 11.9. The molecule has 2 rings (SSSR count). The number of benzene rings is 2. The molecule has 0 bridgehead atoms. The topological polar surface area (TPSA) is 64.6 Å². The molecule has 2 aromatic rings. The van der Waals surface area contributed by atoms with Gasteiger partial charge in [0.2, 0.25) is 0 Å². The Balaban J connectivity index is 1.92. The van der Waals surface area contributed by atoms with Crippen LogP contribution in [0.25, 0.3) is 0 Å². The molecule has 0 heterocycles. The molecule has 0 fully saturated rings. The fourth-order valence-electron chi connectivity index (χ4n) is 1.92. The fraction of sp³-hybridized carbons (Fsp3) is 0.176. The molecule has 0 aliphatic heterocycles. The lowest BCUT2D eigenvalue weighted by Gasteiger charge is -2.09. The summed E-state index contributed by atoms with van der Waals surface area (Å²) in [5.41, 5.74) is 1.99. The van der Waals surface area contributed by atoms with Crippen LogP contribution in [0, 0.1) is 10.5 Å². The minimum Gasteiger partial charge on any atom is -0.497 e. The number of methoxy groups -OCH3 is 1. The molecule has 1 amide bonds. The lowest BCUT2D eigenvalue weighted by atomic mass is 10.2. The third-order valence-electron chi connectivity index (χ3n) is 3.10. The lowest BCUT2D eigenvalue weighted by Crippen LogP contribution is -2.21. The first-order valence-electron chi connectivity index (χ1n) is 6.87. The van der Waals surface area contributed by atoms with Crippen molar-refractivity contribution in [2.75, 3.05) is 19.0 Å². The maximum Gasteiger partial charge on any atom is 0.338 e. The second kappa shape index (κ2) is 7.96. The van der Waals surface area contributed by atoms with Crippen LogP contribution in [0.4, 0.5) is 5.69 Å². The summed E-state index contributed by atoms with van der Waals surface area (Å²) in [5, 5.41) is 2.72. The zero-order chi connectivity index (χ0) is 16.8. The van der Waals surface area contributed by atoms with Crippen molar-refractivity contribution in [3.05, 3.63) is 57.2 Å². The molecular weight excluding hydrogens is 409 g/mol. The molecule has 0 saturated heterocycles. The van der Waals surface area contributed by atoms with E-state index in [1.54, 1.807) is 24.3 Å². The predicted octanol–water partition coefficient (Wildman–Crippen LogP) is 3.40. The molecule has 0 radical (unpaired) electrons. The highest BCUT2D eigenvalue weighted by atomic mass is 127. The van der Waals surface area contributed by atoms with Gasteiger partial charge in [-0.25, -0.2) is 4.79 Å². The van der Waals surface area contributed by atoms with Gasteiger partial charge in [0.05, 0.1) is 12.7 Å². The Labute approximate surface area is 148 Å². The zero-order valence-electron chi connectivity index (χ0n) is 12.8. The number of ether oxygens (including phenoxy) is 2. The van der Waals surface area contributed by atoms with Crippen molar-refractivity contribution in [2.24, 2.45) is 0 Å². The first kappa shape index (κ1) is 17.3. The van der Waals surface area contributed by atoms with E-state index in [9.17, 15) is 9.59 Å². The van der Waals surface area contributed by atoms with E-state index in [1.165, 1.54) is 7.11 Å². The van der Waals surface area contributed by atoms with Crippen LogP contribution in [0.3, 0.4) is 0 Å². The van der Waals surface area contributed by atoms with Gasteiger partial charge in [-0.1, -0.05) is 6.07 Å². The van der Waals surface area contributed by atoms with Gasteiger partial charge in [-0.3, -0.25) is 4.79 Å². The maximum absolute atomic E-state index is 11.9. The second-order valence-corrected chi connectivity index (χ2v) is 6.06. The van der Waals surface area contributed by atoms with E-state index in [2.05, 4.69) is 27.9 Å². The Kier molecular flexibility index (Phi) is 5.97. The molecule has 23 heavy (non-hydrogen) atoms. The average molecular weight is 425 g/mol. The van der Waals surface area contributed by atoms with Gasteiger partial charge in [-0.2, -0.15) is 0 Å². The van der Waals surface area contributed by atoms with Crippen LogP contribution in [-0.2, 0) is 9.53 Å². The fourth-order valence-corrected chi connectivity index (χ4v) is 2.56. The molecule has 0 aromatic heterocycles. The molecule has 5 nitrogen and oxygen atoms in total. The van der Waals surface area contributed by atoms with Gasteiger partial charge in [0.15, 0.2) is 6.61 Å². The smallest absolute Gasteiger partial charge is 0.338 e. The van der Waals surface area contributed by atoms with Crippen molar-refractivity contribution in [3.63, 3.8) is 0 Å². The summed E-state index contributed by atoms with van der Waals surface area (Å²) in [4.78, 5) is 23.8. The van der Waals surface area contributed by atoms with Crippen molar-refractivity contribution >= 4 is 40.2 Å². The zero-order valence-corrected chi connectivity index (χ0v) is 14.9. The molecule has 120 valence electrons. The van der Waals surface area contributed by atoms with Crippen LogP contribution in [0.1, 0.15) is 15.9 Å². The Morgan fingerprint density at radius 1 is 1.17 bits per heavy atom. The molecule has 0 unspecified atom stereocenters. The number of nitrogens with one attached hydrogen (secondary N) is 1. The minimum absolute atomic E-state index is 0.336. The van der Waals surface area contributed by atoms with Crippen molar-refractivity contribution in [2.45, 2.75) is 6.92 Å². The number of aryl methyl sites for hydroxylation is 1. The number of anilines is 1. The number of hydrogen-bond acceptors (Lipinski definition) is 4. The molecule has 0 spiro atoms. The van der Waals surface area contributed by atoms with Crippen LogP contribution in [0.5, 0.6) is 5.75 Å². The third kappa shape index (κ3) is 4.95. The molecule has 0 aliphatic rings. The number of amides is 1. The van der Waals surface area contributed by atoms with Crippen LogP contribution in [0.2, 0.25) is 0 Å². The van der Waals surface area contributed by atoms with Crippen LogP contribution in [-0.4, -0.2) is 25.6 Å². The third-order valence-corrected chi connectivity index (χ3v) is 3.77. The van der Waals surface area contributed by atoms with Gasteiger partial charge in [-0.05, 0) is 71.5 Å². The average Bonchev–Trinajstić information content (AvgIpc) is 2.55. The van der Waals surface area contributed by atoms with Crippen molar-refractivity contribution in [1.82, 2.24) is 0 Å². The summed E-state index contributed by atoms with van der Waals surface area (Å²) in [6.45, 7) is 1.56. The van der Waals surface area contributed by atoms with Gasteiger partial charge in [0.25, 0.3) is 5.91 Å². The molecule has 0 atom stereocenters. The van der Waals surface area contributed by atoms with Crippen molar-refractivity contribution in [3.8, 4) is 5.75 Å². The number of hydrogen-bond donors (Lipinski definition) is 1. The molecule has 1 N–H and O–H groups in total. The van der Waals surface area contributed by atoms with E-state index in [0.717, 1.165) is 9.13 Å². The van der Waals surface area contributed by atoms with E-state index < -0.39 is 5.97 Å². The molecule has 0 saturated carbocycles. The lowest BCUT2D eigenvalue weighted by molar-refractivity contribution is -0.119. The highest BCUT2D eigenvalue weighted by Gasteiger charge is 2.12. The Hall–Kier alpha value is -2.09. The van der Waals surface area contributed by atoms with Gasteiger partial charge >= 0.3 is 5.97 Å². The Morgan fingerprint density at radius 3 is 2.65 bits per heavy atom. The van der Waals surface area contributed by atoms with Crippen molar-refractivity contribution in [1.29, 1.82) is 0 Å². The Morgan fingerprint density at radius 2 is 1.96 bits per heavy atom. The highest BCUT2D eigenvalue weighted by molar-refractivity contribution is 14.1. The summed E-state index contributed by atoms with van der Waals surface area (Å²) in [6, 6.07) is 12.2. The van der Waals surface area contributed by atoms with E-state index in [-0.39, 0.29) is 12.5 Å². The minimum atomic E-state index is -0.571. The second-order valence-electron chi connectivity index (χ2n) is 4.82. The first-order valence-corrected chi connectivity index (χ1v) is 7.94. The molecule has 6 heteroatoms. The number of halogens is 1. The molecular formula is C17H16INO4.